The Morgan fingerprint density at radius 1 is 0.875 bits per heavy atom. The largest absolute Gasteiger partial charge is 0.467 e. The Morgan fingerprint density at radius 2 is 1.54 bits per heavy atom. The number of methoxy groups -OCH3 is 1. The van der Waals surface area contributed by atoms with Gasteiger partial charge in [0.25, 0.3) is 0 Å². The first-order valence-electron chi connectivity index (χ1n) is 7.02. The van der Waals surface area contributed by atoms with E-state index in [1.807, 2.05) is 54.6 Å². The van der Waals surface area contributed by atoms with Crippen LogP contribution < -0.4 is 10.1 Å². The number of halogens is 1. The normalized spacial score (nSPS) is 10.8. The number of aromatic nitrogens is 3. The zero-order valence-electron chi connectivity index (χ0n) is 12.7. The number of azo groups is 1. The van der Waals surface area contributed by atoms with Gasteiger partial charge in [0.1, 0.15) is 0 Å². The molecule has 0 saturated heterocycles. The highest BCUT2D eigenvalue weighted by Gasteiger charge is 2.05. The van der Waals surface area contributed by atoms with Crippen LogP contribution in [0.15, 0.2) is 64.8 Å². The summed E-state index contributed by atoms with van der Waals surface area (Å²) in [5, 5.41) is 11.4. The molecule has 120 valence electrons. The SMILES string of the molecule is COc1nc(Cl)nc(Nc2ccc(N=Nc3ccccc3)cc2)n1. The van der Waals surface area contributed by atoms with Crippen molar-refractivity contribution in [2.45, 2.75) is 0 Å². The summed E-state index contributed by atoms with van der Waals surface area (Å²) in [5.74, 6) is 0.297. The van der Waals surface area contributed by atoms with Crippen molar-refractivity contribution in [3.63, 3.8) is 0 Å². The molecule has 1 heterocycles. The molecule has 0 radical (unpaired) electrons. The zero-order chi connectivity index (χ0) is 16.8. The monoisotopic (exact) mass is 340 g/mol. The maximum atomic E-state index is 5.81. The van der Waals surface area contributed by atoms with Gasteiger partial charge in [0, 0.05) is 5.69 Å². The molecule has 2 aromatic carbocycles. The van der Waals surface area contributed by atoms with E-state index in [4.69, 9.17) is 16.3 Å². The summed E-state index contributed by atoms with van der Waals surface area (Å²) >= 11 is 5.81. The molecular formula is C16H13ClN6O. The van der Waals surface area contributed by atoms with Crippen molar-refractivity contribution >= 4 is 34.6 Å². The Labute approximate surface area is 143 Å². The lowest BCUT2D eigenvalue weighted by atomic mass is 10.3. The summed E-state index contributed by atoms with van der Waals surface area (Å²) in [6.45, 7) is 0. The Morgan fingerprint density at radius 3 is 2.21 bits per heavy atom. The molecule has 0 bridgehead atoms. The van der Waals surface area contributed by atoms with Gasteiger partial charge in [-0.3, -0.25) is 0 Å². The van der Waals surface area contributed by atoms with E-state index in [0.717, 1.165) is 17.1 Å². The Bertz CT molecular complexity index is 839. The van der Waals surface area contributed by atoms with Crippen molar-refractivity contribution in [3.05, 3.63) is 59.9 Å². The number of anilines is 2. The lowest BCUT2D eigenvalue weighted by Gasteiger charge is -2.06. The highest BCUT2D eigenvalue weighted by molar-refractivity contribution is 6.28. The third kappa shape index (κ3) is 4.23. The standard InChI is InChI=1S/C16H13ClN6O/c1-24-16-20-14(17)19-15(21-16)18-11-7-9-13(10-8-11)23-22-12-5-3-2-4-6-12/h2-10H,1H3,(H,18,19,20,21). The van der Waals surface area contributed by atoms with E-state index in [0.29, 0.717) is 5.95 Å². The predicted octanol–water partition coefficient (Wildman–Crippen LogP) is 4.69. The first kappa shape index (κ1) is 15.8. The molecule has 0 unspecified atom stereocenters. The minimum absolute atomic E-state index is 0.0534. The molecule has 0 spiro atoms. The summed E-state index contributed by atoms with van der Waals surface area (Å²) in [4.78, 5) is 11.9. The van der Waals surface area contributed by atoms with E-state index in [2.05, 4.69) is 30.5 Å². The third-order valence-electron chi connectivity index (χ3n) is 2.93. The lowest BCUT2D eigenvalue weighted by molar-refractivity contribution is 0.379. The van der Waals surface area contributed by atoms with Crippen molar-refractivity contribution in [3.8, 4) is 6.01 Å². The average Bonchev–Trinajstić information content (AvgIpc) is 2.61. The number of rotatable bonds is 5. The Kier molecular flexibility index (Phi) is 4.93. The molecule has 24 heavy (non-hydrogen) atoms. The molecule has 0 amide bonds. The molecule has 1 aromatic heterocycles. The molecule has 7 nitrogen and oxygen atoms in total. The van der Waals surface area contributed by atoms with Gasteiger partial charge >= 0.3 is 6.01 Å². The van der Waals surface area contributed by atoms with E-state index in [1.165, 1.54) is 7.11 Å². The van der Waals surface area contributed by atoms with Gasteiger partial charge in [0.05, 0.1) is 18.5 Å². The second kappa shape index (κ2) is 7.47. The molecule has 0 aliphatic carbocycles. The zero-order valence-corrected chi connectivity index (χ0v) is 13.5. The predicted molar refractivity (Wildman–Crippen MR) is 91.7 cm³/mol. The molecule has 0 atom stereocenters. The number of nitrogens with zero attached hydrogens (tertiary/aromatic N) is 5. The van der Waals surface area contributed by atoms with Crippen LogP contribution in [0.25, 0.3) is 0 Å². The van der Waals surface area contributed by atoms with Crippen LogP contribution in [0, 0.1) is 0 Å². The summed E-state index contributed by atoms with van der Waals surface area (Å²) < 4.78 is 4.95. The van der Waals surface area contributed by atoms with Gasteiger partial charge in [-0.25, -0.2) is 0 Å². The fraction of sp³-hybridized carbons (Fsp3) is 0.0625. The van der Waals surface area contributed by atoms with E-state index >= 15 is 0 Å². The second-order valence-electron chi connectivity index (χ2n) is 4.62. The molecule has 0 aliphatic heterocycles. The molecule has 3 rings (SSSR count). The molecule has 0 aliphatic rings. The minimum atomic E-state index is 0.0534. The smallest absolute Gasteiger partial charge is 0.322 e. The molecule has 8 heteroatoms. The highest BCUT2D eigenvalue weighted by Crippen LogP contribution is 2.22. The van der Waals surface area contributed by atoms with Crippen molar-refractivity contribution in [2.24, 2.45) is 10.2 Å². The fourth-order valence-electron chi connectivity index (χ4n) is 1.83. The van der Waals surface area contributed by atoms with Crippen molar-refractivity contribution < 1.29 is 4.74 Å². The highest BCUT2D eigenvalue weighted by atomic mass is 35.5. The van der Waals surface area contributed by atoms with Crippen LogP contribution in [-0.4, -0.2) is 22.1 Å². The van der Waals surface area contributed by atoms with Crippen LogP contribution in [0.3, 0.4) is 0 Å². The van der Waals surface area contributed by atoms with E-state index in [-0.39, 0.29) is 11.3 Å². The summed E-state index contributed by atoms with van der Waals surface area (Å²) in [6, 6.07) is 17.0. The number of hydrogen-bond donors (Lipinski definition) is 1. The van der Waals surface area contributed by atoms with Gasteiger partial charge in [0.2, 0.25) is 11.2 Å². The first-order chi connectivity index (χ1) is 11.7. The summed E-state index contributed by atoms with van der Waals surface area (Å²) in [6.07, 6.45) is 0. The van der Waals surface area contributed by atoms with Crippen LogP contribution in [0.4, 0.5) is 23.0 Å². The van der Waals surface area contributed by atoms with E-state index in [1.54, 1.807) is 0 Å². The molecule has 0 saturated carbocycles. The van der Waals surface area contributed by atoms with Crippen LogP contribution in [0.5, 0.6) is 6.01 Å². The quantitative estimate of drug-likeness (QED) is 0.681. The van der Waals surface area contributed by atoms with Crippen molar-refractivity contribution in [1.82, 2.24) is 15.0 Å². The molecular weight excluding hydrogens is 328 g/mol. The molecule has 3 aromatic rings. The van der Waals surface area contributed by atoms with E-state index < -0.39 is 0 Å². The summed E-state index contributed by atoms with van der Waals surface area (Å²) in [7, 11) is 1.46. The van der Waals surface area contributed by atoms with E-state index in [9.17, 15) is 0 Å². The maximum Gasteiger partial charge on any atom is 0.322 e. The lowest BCUT2D eigenvalue weighted by Crippen LogP contribution is -2.01. The fourth-order valence-corrected chi connectivity index (χ4v) is 1.98. The van der Waals surface area contributed by atoms with Crippen LogP contribution in [0.1, 0.15) is 0 Å². The van der Waals surface area contributed by atoms with Gasteiger partial charge in [0.15, 0.2) is 0 Å². The van der Waals surface area contributed by atoms with Crippen molar-refractivity contribution in [1.29, 1.82) is 0 Å². The second-order valence-corrected chi connectivity index (χ2v) is 4.96. The van der Waals surface area contributed by atoms with Gasteiger partial charge in [-0.1, -0.05) is 18.2 Å². The number of benzene rings is 2. The van der Waals surface area contributed by atoms with Gasteiger partial charge in [-0.15, -0.1) is 0 Å². The topological polar surface area (TPSA) is 84.7 Å². The average molecular weight is 341 g/mol. The van der Waals surface area contributed by atoms with Gasteiger partial charge < -0.3 is 10.1 Å². The third-order valence-corrected chi connectivity index (χ3v) is 3.10. The number of nitrogens with one attached hydrogen (secondary N) is 1. The van der Waals surface area contributed by atoms with Crippen molar-refractivity contribution in [2.75, 3.05) is 12.4 Å². The van der Waals surface area contributed by atoms with Gasteiger partial charge in [-0.2, -0.15) is 25.2 Å². The summed E-state index contributed by atoms with van der Waals surface area (Å²) in [5.41, 5.74) is 2.31. The number of hydrogen-bond acceptors (Lipinski definition) is 7. The van der Waals surface area contributed by atoms with Gasteiger partial charge in [-0.05, 0) is 48.0 Å². The van der Waals surface area contributed by atoms with Crippen LogP contribution in [-0.2, 0) is 0 Å². The van der Waals surface area contributed by atoms with Crippen LogP contribution >= 0.6 is 11.6 Å². The minimum Gasteiger partial charge on any atom is -0.467 e. The Hall–Kier alpha value is -3.06. The maximum absolute atomic E-state index is 5.81. The Balaban J connectivity index is 1.71. The number of ether oxygens (including phenoxy) is 1. The molecule has 0 fully saturated rings. The first-order valence-corrected chi connectivity index (χ1v) is 7.40. The van der Waals surface area contributed by atoms with Crippen LogP contribution in [0.2, 0.25) is 5.28 Å². The molecule has 1 N–H and O–H groups in total.